The Bertz CT molecular complexity index is 588. The Hall–Kier alpha value is -1.27. The van der Waals surface area contributed by atoms with Crippen molar-refractivity contribution in [2.75, 3.05) is 0 Å². The summed E-state index contributed by atoms with van der Waals surface area (Å²) in [6.07, 6.45) is 2.23. The average Bonchev–Trinajstić information content (AvgIpc) is 3.24. The quantitative estimate of drug-likeness (QED) is 0.672. The van der Waals surface area contributed by atoms with Gasteiger partial charge in [0.15, 0.2) is 0 Å². The van der Waals surface area contributed by atoms with Crippen LogP contribution in [0.5, 0.6) is 0 Å². The molecule has 2 aromatic rings. The molecule has 3 rings (SSSR count). The summed E-state index contributed by atoms with van der Waals surface area (Å²) in [5, 5.41) is 0.251. The van der Waals surface area contributed by atoms with Crippen LogP contribution in [0.2, 0.25) is 0 Å². The van der Waals surface area contributed by atoms with E-state index in [1.807, 2.05) is 0 Å². The van der Waals surface area contributed by atoms with Gasteiger partial charge >= 0.3 is 0 Å². The van der Waals surface area contributed by atoms with Crippen LogP contribution in [0.15, 0.2) is 48.5 Å². The lowest BCUT2D eigenvalue weighted by Crippen LogP contribution is -2.08. The molecule has 0 amide bonds. The van der Waals surface area contributed by atoms with Gasteiger partial charge in [-0.2, -0.15) is 0 Å². The molecule has 3 unspecified atom stereocenters. The van der Waals surface area contributed by atoms with Gasteiger partial charge in [0.1, 0.15) is 0 Å². The molecule has 1 heteroatoms. The highest BCUT2D eigenvalue weighted by atomic mass is 35.5. The van der Waals surface area contributed by atoms with E-state index in [1.165, 1.54) is 28.7 Å². The minimum absolute atomic E-state index is 0.251. The summed E-state index contributed by atoms with van der Waals surface area (Å²) in [7, 11) is 0. The van der Waals surface area contributed by atoms with Gasteiger partial charge in [-0.1, -0.05) is 54.1 Å². The number of hydrogen-bond acceptors (Lipinski definition) is 0. The van der Waals surface area contributed by atoms with Crippen molar-refractivity contribution in [2.24, 2.45) is 5.92 Å². The summed E-state index contributed by atoms with van der Waals surface area (Å²) in [5.74, 6) is 1.31. The highest BCUT2D eigenvalue weighted by molar-refractivity contribution is 6.21. The molecule has 0 radical (unpaired) electrons. The lowest BCUT2D eigenvalue weighted by atomic mass is 9.98. The van der Waals surface area contributed by atoms with E-state index in [4.69, 9.17) is 11.6 Å². The first-order chi connectivity index (χ1) is 9.65. The molecule has 0 aliphatic heterocycles. The van der Waals surface area contributed by atoms with Crippen molar-refractivity contribution >= 4 is 11.6 Å². The molecule has 1 saturated carbocycles. The Morgan fingerprint density at radius 3 is 2.60 bits per heavy atom. The summed E-state index contributed by atoms with van der Waals surface area (Å²) < 4.78 is 0. The van der Waals surface area contributed by atoms with Gasteiger partial charge in [0, 0.05) is 5.38 Å². The first kappa shape index (κ1) is 13.7. The SMILES string of the molecule is Cc1ccc(C)c(CC(Cl)C2CC2c2ccccc2)c1. The van der Waals surface area contributed by atoms with Crippen molar-refractivity contribution in [3.63, 3.8) is 0 Å². The van der Waals surface area contributed by atoms with Crippen molar-refractivity contribution in [3.8, 4) is 0 Å². The maximum Gasteiger partial charge on any atom is 0.0410 e. The van der Waals surface area contributed by atoms with Crippen LogP contribution < -0.4 is 0 Å². The normalized spacial score (nSPS) is 22.6. The molecule has 0 saturated heterocycles. The molecule has 0 heterocycles. The van der Waals surface area contributed by atoms with E-state index in [9.17, 15) is 0 Å². The van der Waals surface area contributed by atoms with Crippen molar-refractivity contribution in [1.82, 2.24) is 0 Å². The second-order valence-corrected chi connectivity index (χ2v) is 6.63. The fourth-order valence-corrected chi connectivity index (χ4v) is 3.52. The molecule has 104 valence electrons. The Labute approximate surface area is 126 Å². The van der Waals surface area contributed by atoms with Gasteiger partial charge in [-0.25, -0.2) is 0 Å². The smallest absolute Gasteiger partial charge is 0.0410 e. The third kappa shape index (κ3) is 2.91. The molecule has 2 aromatic carbocycles. The Morgan fingerprint density at radius 1 is 1.10 bits per heavy atom. The van der Waals surface area contributed by atoms with E-state index < -0.39 is 0 Å². The molecule has 0 aromatic heterocycles. The van der Waals surface area contributed by atoms with E-state index in [0.717, 1.165) is 6.42 Å². The highest BCUT2D eigenvalue weighted by Gasteiger charge is 2.42. The third-order valence-corrected chi connectivity index (χ3v) is 4.93. The number of alkyl halides is 1. The van der Waals surface area contributed by atoms with Gasteiger partial charge in [-0.05, 0) is 55.2 Å². The zero-order valence-electron chi connectivity index (χ0n) is 12.1. The van der Waals surface area contributed by atoms with Crippen LogP contribution >= 0.6 is 11.6 Å². The number of benzene rings is 2. The maximum atomic E-state index is 6.68. The lowest BCUT2D eigenvalue weighted by molar-refractivity contribution is 0.711. The Kier molecular flexibility index (Phi) is 3.85. The predicted octanol–water partition coefficient (Wildman–Crippen LogP) is 5.26. The molecular weight excluding hydrogens is 264 g/mol. The minimum atomic E-state index is 0.251. The molecule has 1 fully saturated rings. The van der Waals surface area contributed by atoms with Crippen molar-refractivity contribution in [1.29, 1.82) is 0 Å². The van der Waals surface area contributed by atoms with E-state index in [0.29, 0.717) is 11.8 Å². The van der Waals surface area contributed by atoms with E-state index in [-0.39, 0.29) is 5.38 Å². The third-order valence-electron chi connectivity index (χ3n) is 4.45. The first-order valence-electron chi connectivity index (χ1n) is 7.40. The van der Waals surface area contributed by atoms with Crippen LogP contribution in [-0.2, 0) is 6.42 Å². The zero-order valence-corrected chi connectivity index (χ0v) is 12.9. The largest absolute Gasteiger partial charge is 0.122 e. The summed E-state index contributed by atoms with van der Waals surface area (Å²) in [6, 6.07) is 17.4. The molecule has 0 N–H and O–H groups in total. The number of halogens is 1. The standard InChI is InChI=1S/C19H21Cl/c1-13-8-9-14(2)16(10-13)11-19(20)18-12-17(18)15-6-4-3-5-7-15/h3-10,17-19H,11-12H2,1-2H3. The van der Waals surface area contributed by atoms with Crippen LogP contribution in [0.4, 0.5) is 0 Å². The van der Waals surface area contributed by atoms with E-state index in [1.54, 1.807) is 0 Å². The molecule has 0 spiro atoms. The lowest BCUT2D eigenvalue weighted by Gasteiger charge is -2.12. The summed E-state index contributed by atoms with van der Waals surface area (Å²) in [6.45, 7) is 4.33. The molecule has 1 aliphatic carbocycles. The Morgan fingerprint density at radius 2 is 1.85 bits per heavy atom. The van der Waals surface area contributed by atoms with Crippen molar-refractivity contribution in [3.05, 3.63) is 70.8 Å². The average molecular weight is 285 g/mol. The second kappa shape index (κ2) is 5.61. The molecule has 0 bridgehead atoms. The predicted molar refractivity (Wildman–Crippen MR) is 86.6 cm³/mol. The van der Waals surface area contributed by atoms with Crippen LogP contribution in [0.1, 0.15) is 34.6 Å². The number of aryl methyl sites for hydroxylation is 2. The molecular formula is C19H21Cl. The highest BCUT2D eigenvalue weighted by Crippen LogP contribution is 2.51. The fraction of sp³-hybridized carbons (Fsp3) is 0.368. The molecule has 20 heavy (non-hydrogen) atoms. The van der Waals surface area contributed by atoms with Gasteiger partial charge in [-0.15, -0.1) is 11.6 Å². The maximum absolute atomic E-state index is 6.68. The summed E-state index contributed by atoms with van der Waals surface area (Å²) >= 11 is 6.68. The Balaban J connectivity index is 1.67. The monoisotopic (exact) mass is 284 g/mol. The van der Waals surface area contributed by atoms with Gasteiger partial charge in [0.2, 0.25) is 0 Å². The number of hydrogen-bond donors (Lipinski definition) is 0. The van der Waals surface area contributed by atoms with Crippen LogP contribution in [0.25, 0.3) is 0 Å². The van der Waals surface area contributed by atoms with Gasteiger partial charge in [-0.3, -0.25) is 0 Å². The molecule has 0 nitrogen and oxygen atoms in total. The second-order valence-electron chi connectivity index (χ2n) is 6.07. The van der Waals surface area contributed by atoms with Crippen LogP contribution in [-0.4, -0.2) is 5.38 Å². The van der Waals surface area contributed by atoms with Gasteiger partial charge < -0.3 is 0 Å². The van der Waals surface area contributed by atoms with Gasteiger partial charge in [0.25, 0.3) is 0 Å². The molecule has 3 atom stereocenters. The topological polar surface area (TPSA) is 0 Å². The summed E-state index contributed by atoms with van der Waals surface area (Å²) in [5.41, 5.74) is 5.54. The van der Waals surface area contributed by atoms with Crippen molar-refractivity contribution in [2.45, 2.75) is 38.0 Å². The van der Waals surface area contributed by atoms with E-state index >= 15 is 0 Å². The molecule has 1 aliphatic rings. The van der Waals surface area contributed by atoms with Crippen molar-refractivity contribution < 1.29 is 0 Å². The van der Waals surface area contributed by atoms with E-state index in [2.05, 4.69) is 62.4 Å². The number of rotatable bonds is 4. The van der Waals surface area contributed by atoms with Crippen LogP contribution in [0, 0.1) is 19.8 Å². The first-order valence-corrected chi connectivity index (χ1v) is 7.84. The van der Waals surface area contributed by atoms with Crippen LogP contribution in [0.3, 0.4) is 0 Å². The fourth-order valence-electron chi connectivity index (χ4n) is 3.08. The summed E-state index contributed by atoms with van der Waals surface area (Å²) in [4.78, 5) is 0. The minimum Gasteiger partial charge on any atom is -0.122 e. The van der Waals surface area contributed by atoms with Gasteiger partial charge in [0.05, 0.1) is 0 Å². The zero-order chi connectivity index (χ0) is 14.1.